The fraction of sp³-hybridized carbons (Fsp3) is 0.400. The summed E-state index contributed by atoms with van der Waals surface area (Å²) in [4.78, 5) is 15.2. The Morgan fingerprint density at radius 3 is 3.07 bits per heavy atom. The second-order valence-corrected chi connectivity index (χ2v) is 3.38. The molecule has 0 saturated carbocycles. The third-order valence-corrected chi connectivity index (χ3v) is 2.22. The van der Waals surface area contributed by atoms with Crippen molar-refractivity contribution in [1.29, 1.82) is 0 Å². The summed E-state index contributed by atoms with van der Waals surface area (Å²) >= 11 is 0. The summed E-state index contributed by atoms with van der Waals surface area (Å²) in [6, 6.07) is 3.92. The molecule has 1 aliphatic rings. The van der Waals surface area contributed by atoms with Crippen LogP contribution in [-0.4, -0.2) is 17.7 Å². The van der Waals surface area contributed by atoms with Gasteiger partial charge in [-0.2, -0.15) is 0 Å². The maximum Gasteiger partial charge on any atom is 0.407 e. The molecule has 14 heavy (non-hydrogen) atoms. The number of aromatic nitrogens is 1. The van der Waals surface area contributed by atoms with Crippen molar-refractivity contribution in [2.75, 3.05) is 6.61 Å². The number of pyridine rings is 1. The van der Waals surface area contributed by atoms with Crippen molar-refractivity contribution in [3.05, 3.63) is 29.6 Å². The molecule has 74 valence electrons. The summed E-state index contributed by atoms with van der Waals surface area (Å²) in [7, 11) is 0. The number of cyclic esters (lactones) is 1. The van der Waals surface area contributed by atoms with E-state index in [1.54, 1.807) is 6.20 Å². The minimum Gasteiger partial charge on any atom is -0.449 e. The molecule has 4 heteroatoms. The van der Waals surface area contributed by atoms with Gasteiger partial charge in [-0.05, 0) is 18.6 Å². The van der Waals surface area contributed by atoms with Crippen molar-refractivity contribution < 1.29 is 9.53 Å². The first kappa shape index (κ1) is 8.99. The molecule has 1 aliphatic heterocycles. The summed E-state index contributed by atoms with van der Waals surface area (Å²) in [6.07, 6.45) is 2.22. The van der Waals surface area contributed by atoms with Crippen LogP contribution < -0.4 is 5.32 Å². The highest BCUT2D eigenvalue weighted by Gasteiger charge is 2.21. The first-order valence-corrected chi connectivity index (χ1v) is 4.61. The zero-order valence-electron chi connectivity index (χ0n) is 7.99. The maximum absolute atomic E-state index is 11.0. The van der Waals surface area contributed by atoms with E-state index in [9.17, 15) is 4.79 Å². The molecule has 1 atom stereocenters. The van der Waals surface area contributed by atoms with Gasteiger partial charge in [-0.3, -0.25) is 4.98 Å². The van der Waals surface area contributed by atoms with Gasteiger partial charge >= 0.3 is 6.09 Å². The van der Waals surface area contributed by atoms with Crippen molar-refractivity contribution in [3.8, 4) is 0 Å². The van der Waals surface area contributed by atoms with Crippen molar-refractivity contribution in [2.45, 2.75) is 19.4 Å². The van der Waals surface area contributed by atoms with Gasteiger partial charge in [-0.1, -0.05) is 6.07 Å². The van der Waals surface area contributed by atoms with Crippen LogP contribution in [0.2, 0.25) is 0 Å². The van der Waals surface area contributed by atoms with E-state index in [4.69, 9.17) is 4.74 Å². The van der Waals surface area contributed by atoms with E-state index in [2.05, 4.69) is 10.3 Å². The molecule has 1 N–H and O–H groups in total. The summed E-state index contributed by atoms with van der Waals surface area (Å²) in [5.74, 6) is 0. The molecule has 0 spiro atoms. The van der Waals surface area contributed by atoms with Crippen LogP contribution in [0.15, 0.2) is 18.3 Å². The molecular formula is C10H12N2O2. The van der Waals surface area contributed by atoms with E-state index in [1.807, 2.05) is 19.1 Å². The molecule has 0 bridgehead atoms. The number of nitrogens with zero attached hydrogens (tertiary/aromatic N) is 1. The predicted octanol–water partition coefficient (Wildman–Crippen LogP) is 1.56. The van der Waals surface area contributed by atoms with Gasteiger partial charge in [0.25, 0.3) is 0 Å². The minimum absolute atomic E-state index is 0.00292. The highest BCUT2D eigenvalue weighted by Crippen LogP contribution is 2.17. The van der Waals surface area contributed by atoms with Crippen LogP contribution in [0.5, 0.6) is 0 Å². The summed E-state index contributed by atoms with van der Waals surface area (Å²) < 4.78 is 4.78. The lowest BCUT2D eigenvalue weighted by Crippen LogP contribution is -2.35. The van der Waals surface area contributed by atoms with E-state index in [0.29, 0.717) is 6.61 Å². The Morgan fingerprint density at radius 1 is 1.57 bits per heavy atom. The normalized spacial score (nSPS) is 21.2. The SMILES string of the molecule is Cc1ccc([C@@H]2CCOC(=O)N2)nc1. The lowest BCUT2D eigenvalue weighted by Gasteiger charge is -2.22. The van der Waals surface area contributed by atoms with Crippen LogP contribution >= 0.6 is 0 Å². The number of hydrogen-bond donors (Lipinski definition) is 1. The quantitative estimate of drug-likeness (QED) is 0.734. The van der Waals surface area contributed by atoms with Gasteiger partial charge in [-0.15, -0.1) is 0 Å². The molecule has 0 aromatic carbocycles. The number of hydrogen-bond acceptors (Lipinski definition) is 3. The van der Waals surface area contributed by atoms with Crippen LogP contribution in [0.25, 0.3) is 0 Å². The summed E-state index contributed by atoms with van der Waals surface area (Å²) in [5, 5.41) is 2.73. The van der Waals surface area contributed by atoms with Gasteiger partial charge in [0.1, 0.15) is 0 Å². The number of amides is 1. The molecule has 1 saturated heterocycles. The Hall–Kier alpha value is -1.58. The number of nitrogens with one attached hydrogen (secondary N) is 1. The molecule has 2 heterocycles. The van der Waals surface area contributed by atoms with Crippen molar-refractivity contribution >= 4 is 6.09 Å². The first-order chi connectivity index (χ1) is 6.75. The molecule has 1 fully saturated rings. The highest BCUT2D eigenvalue weighted by molar-refractivity contribution is 5.68. The molecule has 1 aromatic heterocycles. The maximum atomic E-state index is 11.0. The lowest BCUT2D eigenvalue weighted by molar-refractivity contribution is 0.115. The average molecular weight is 192 g/mol. The van der Waals surface area contributed by atoms with Crippen LogP contribution in [0.4, 0.5) is 4.79 Å². The fourth-order valence-corrected chi connectivity index (χ4v) is 1.43. The largest absolute Gasteiger partial charge is 0.449 e. The number of ether oxygens (including phenoxy) is 1. The molecule has 1 amide bonds. The van der Waals surface area contributed by atoms with Gasteiger partial charge < -0.3 is 10.1 Å². The third-order valence-electron chi connectivity index (χ3n) is 2.22. The summed E-state index contributed by atoms with van der Waals surface area (Å²) in [5.41, 5.74) is 2.01. The molecule has 2 rings (SSSR count). The van der Waals surface area contributed by atoms with Crippen LogP contribution in [-0.2, 0) is 4.74 Å². The molecule has 0 radical (unpaired) electrons. The first-order valence-electron chi connectivity index (χ1n) is 4.61. The predicted molar refractivity (Wildman–Crippen MR) is 50.8 cm³/mol. The van der Waals surface area contributed by atoms with Crippen molar-refractivity contribution in [2.24, 2.45) is 0 Å². The smallest absolute Gasteiger partial charge is 0.407 e. The Kier molecular flexibility index (Phi) is 2.35. The number of alkyl carbamates (subject to hydrolysis) is 1. The highest BCUT2D eigenvalue weighted by atomic mass is 16.5. The van der Waals surface area contributed by atoms with Gasteiger partial charge in [0.15, 0.2) is 0 Å². The third kappa shape index (κ3) is 1.84. The van der Waals surface area contributed by atoms with E-state index < -0.39 is 0 Å². The number of rotatable bonds is 1. The molecular weight excluding hydrogens is 180 g/mol. The van der Waals surface area contributed by atoms with Gasteiger partial charge in [0.2, 0.25) is 0 Å². The molecule has 4 nitrogen and oxygen atoms in total. The van der Waals surface area contributed by atoms with Crippen molar-refractivity contribution in [1.82, 2.24) is 10.3 Å². The Labute approximate surface area is 82.3 Å². The zero-order chi connectivity index (χ0) is 9.97. The standard InChI is InChI=1S/C10H12N2O2/c1-7-2-3-8(11-6-7)9-4-5-14-10(13)12-9/h2-3,6,9H,4-5H2,1H3,(H,12,13)/t9-/m0/s1. The van der Waals surface area contributed by atoms with E-state index >= 15 is 0 Å². The van der Waals surface area contributed by atoms with Gasteiger partial charge in [0.05, 0.1) is 18.3 Å². The van der Waals surface area contributed by atoms with Gasteiger partial charge in [-0.25, -0.2) is 4.79 Å². The lowest BCUT2D eigenvalue weighted by atomic mass is 10.1. The zero-order valence-corrected chi connectivity index (χ0v) is 7.99. The number of carbonyl (C=O) groups is 1. The van der Waals surface area contributed by atoms with Crippen molar-refractivity contribution in [3.63, 3.8) is 0 Å². The Morgan fingerprint density at radius 2 is 2.43 bits per heavy atom. The van der Waals surface area contributed by atoms with Crippen LogP contribution in [0.3, 0.4) is 0 Å². The second kappa shape index (κ2) is 3.65. The molecule has 1 aromatic rings. The van der Waals surface area contributed by atoms with E-state index in [1.165, 1.54) is 0 Å². The number of carbonyl (C=O) groups excluding carboxylic acids is 1. The van der Waals surface area contributed by atoms with Gasteiger partial charge in [0, 0.05) is 12.6 Å². The van der Waals surface area contributed by atoms with Crippen LogP contribution in [0.1, 0.15) is 23.7 Å². The molecule has 0 unspecified atom stereocenters. The summed E-state index contributed by atoms with van der Waals surface area (Å²) in [6.45, 7) is 2.45. The van der Waals surface area contributed by atoms with Crippen LogP contribution in [0, 0.1) is 6.92 Å². The number of aryl methyl sites for hydroxylation is 1. The van der Waals surface area contributed by atoms with E-state index in [-0.39, 0.29) is 12.1 Å². The second-order valence-electron chi connectivity index (χ2n) is 3.38. The Balaban J connectivity index is 2.14. The topological polar surface area (TPSA) is 51.2 Å². The fourth-order valence-electron chi connectivity index (χ4n) is 1.43. The van der Waals surface area contributed by atoms with E-state index in [0.717, 1.165) is 17.7 Å². The monoisotopic (exact) mass is 192 g/mol. The Bertz CT molecular complexity index is 334. The average Bonchev–Trinajstić information content (AvgIpc) is 2.19. The molecule has 0 aliphatic carbocycles. The minimum atomic E-state index is -0.358.